The zero-order valence-electron chi connectivity index (χ0n) is 57.4. The number of para-hydroxylation sites is 2. The van der Waals surface area contributed by atoms with Gasteiger partial charge < -0.3 is 4.90 Å². The lowest BCUT2D eigenvalue weighted by Gasteiger charge is -2.27. The fourth-order valence-corrected chi connectivity index (χ4v) is 10.6. The van der Waals surface area contributed by atoms with Crippen molar-refractivity contribution < 1.29 is 0 Å². The smallest absolute Gasteiger partial charge is 0.0720 e. The van der Waals surface area contributed by atoms with Gasteiger partial charge in [0.25, 0.3) is 0 Å². The van der Waals surface area contributed by atoms with Gasteiger partial charge >= 0.3 is 0 Å². The number of benzene rings is 5. The monoisotopic (exact) mass is 1300 g/mol. The molecule has 100 heavy (non-hydrogen) atoms. The third kappa shape index (κ3) is 21.3. The Morgan fingerprint density at radius 2 is 0.610 bits per heavy atom. The van der Waals surface area contributed by atoms with Crippen molar-refractivity contribution in [1.82, 2.24) is 49.8 Å². The number of hydrogen-bond acceptors (Lipinski definition) is 11. The van der Waals surface area contributed by atoms with Crippen LogP contribution in [0.1, 0.15) is 50.9 Å². The van der Waals surface area contributed by atoms with Crippen molar-refractivity contribution in [2.45, 2.75) is 48.5 Å². The van der Waals surface area contributed by atoms with Crippen LogP contribution in [0.2, 0.25) is 0 Å². The summed E-state index contributed by atoms with van der Waals surface area (Å²) < 4.78 is 0. The van der Waals surface area contributed by atoms with E-state index < -0.39 is 0 Å². The number of anilines is 3. The second-order valence-corrected chi connectivity index (χ2v) is 23.4. The van der Waals surface area contributed by atoms with Crippen molar-refractivity contribution in [2.24, 2.45) is 0 Å². The molecule has 5 aromatic carbocycles. The normalized spacial score (nSPS) is 10.5. The van der Waals surface area contributed by atoms with Gasteiger partial charge in [0.15, 0.2) is 0 Å². The quantitative estimate of drug-likeness (QED) is 0.151. The Morgan fingerprint density at radius 3 is 1.09 bits per heavy atom. The molecule has 0 fully saturated rings. The van der Waals surface area contributed by atoms with Crippen molar-refractivity contribution in [3.8, 4) is 67.2 Å². The zero-order chi connectivity index (χ0) is 69.5. The topological polar surface area (TPSA) is 132 Å². The number of rotatable bonds is 7. The minimum Gasteiger partial charge on any atom is -0.309 e. The minimum atomic E-state index is 0.980. The summed E-state index contributed by atoms with van der Waals surface area (Å²) in [5, 5.41) is 0. The van der Waals surface area contributed by atoms with Crippen LogP contribution in [0.3, 0.4) is 0 Å². The Bertz CT molecular complexity index is 4340. The van der Waals surface area contributed by atoms with E-state index in [9.17, 15) is 0 Å². The van der Waals surface area contributed by atoms with Crippen molar-refractivity contribution in [1.29, 1.82) is 0 Å². The highest BCUT2D eigenvalue weighted by atomic mass is 15.1. The summed E-state index contributed by atoms with van der Waals surface area (Å²) in [4.78, 5) is 44.1. The van der Waals surface area contributed by atoms with Gasteiger partial charge in [0.05, 0.1) is 28.5 Å². The number of fused-ring (bicyclic) bond motifs is 2. The van der Waals surface area contributed by atoms with E-state index in [-0.39, 0.29) is 0 Å². The number of aryl methyl sites for hydroxylation is 7. The maximum atomic E-state index is 4.44. The maximum Gasteiger partial charge on any atom is 0.0720 e. The Hall–Kier alpha value is -12.9. The van der Waals surface area contributed by atoms with Crippen LogP contribution < -0.4 is 4.90 Å². The third-order valence-corrected chi connectivity index (χ3v) is 15.5. The average molecular weight is 1300 g/mol. The Kier molecular flexibility index (Phi) is 25.8. The number of aromatic nitrogens is 10. The highest BCUT2D eigenvalue weighted by Gasteiger charge is 2.19. The SMILES string of the molecule is Cc1cc(-c2ccccc2)ccn1.Cc1cc(-c2cccnc2)ccn1.Cc1cc(-c2ccncc2)ccn1.Cc1ccc2c(c1)C=Cc1ccccc1N2c1ccccc1.Cc1cccc(-c2ccccc2)n1.Cc1cccc(-c2cccnc2)n1.Cc1cccc(-c2ccncc2)n1. The molecular weight excluding hydrogens is 1220 g/mol. The highest BCUT2D eigenvalue weighted by Crippen LogP contribution is 2.42. The molecule has 0 amide bonds. The molecular formula is C89H79N11. The first-order valence-corrected chi connectivity index (χ1v) is 33.0. The Balaban J connectivity index is 0.000000127. The molecule has 10 aromatic heterocycles. The minimum absolute atomic E-state index is 0.980. The van der Waals surface area contributed by atoms with E-state index in [0.29, 0.717) is 0 Å². The van der Waals surface area contributed by atoms with Crippen LogP contribution in [0.15, 0.2) is 341 Å². The summed E-state index contributed by atoms with van der Waals surface area (Å²) in [6, 6.07) is 92.4. The van der Waals surface area contributed by atoms with Gasteiger partial charge in [-0.2, -0.15) is 0 Å². The number of nitrogens with zero attached hydrogens (tertiary/aromatic N) is 11. The van der Waals surface area contributed by atoms with E-state index >= 15 is 0 Å². The molecule has 0 saturated carbocycles. The van der Waals surface area contributed by atoms with E-state index in [2.05, 4.69) is 189 Å². The van der Waals surface area contributed by atoms with Crippen molar-refractivity contribution in [2.75, 3.05) is 4.90 Å². The molecule has 0 bridgehead atoms. The summed E-state index contributed by atoms with van der Waals surface area (Å²) >= 11 is 0. The first-order valence-electron chi connectivity index (χ1n) is 33.0. The lowest BCUT2D eigenvalue weighted by molar-refractivity contribution is 1.19. The molecule has 11 nitrogen and oxygen atoms in total. The molecule has 0 aliphatic carbocycles. The van der Waals surface area contributed by atoms with Crippen LogP contribution in [-0.4, -0.2) is 49.8 Å². The van der Waals surface area contributed by atoms with Crippen LogP contribution in [0, 0.1) is 48.5 Å². The van der Waals surface area contributed by atoms with Gasteiger partial charge in [0.2, 0.25) is 0 Å². The first kappa shape index (κ1) is 70.0. The fraction of sp³-hybridized carbons (Fsp3) is 0.0787. The zero-order valence-corrected chi connectivity index (χ0v) is 57.4. The van der Waals surface area contributed by atoms with Crippen LogP contribution in [0.25, 0.3) is 79.3 Å². The van der Waals surface area contributed by atoms with Gasteiger partial charge in [-0.25, -0.2) is 0 Å². The predicted octanol–water partition coefficient (Wildman–Crippen LogP) is 21.9. The molecule has 490 valence electrons. The lowest BCUT2D eigenvalue weighted by atomic mass is 10.1. The second kappa shape index (κ2) is 36.9. The molecule has 0 radical (unpaired) electrons. The van der Waals surface area contributed by atoms with Gasteiger partial charge in [-0.15, -0.1) is 0 Å². The molecule has 0 atom stereocenters. The van der Waals surface area contributed by atoms with E-state index in [4.69, 9.17) is 0 Å². The van der Waals surface area contributed by atoms with E-state index in [1.54, 1.807) is 37.2 Å². The van der Waals surface area contributed by atoms with Crippen LogP contribution in [0.4, 0.5) is 17.1 Å². The molecule has 0 spiro atoms. The van der Waals surface area contributed by atoms with Crippen LogP contribution >= 0.6 is 0 Å². The Labute approximate surface area is 588 Å². The molecule has 11 heteroatoms. The molecule has 1 aliphatic heterocycles. The summed E-state index contributed by atoms with van der Waals surface area (Å²) in [5.41, 5.74) is 27.1. The van der Waals surface area contributed by atoms with Crippen molar-refractivity contribution in [3.63, 3.8) is 0 Å². The average Bonchev–Trinajstić information content (AvgIpc) is 1.56. The van der Waals surface area contributed by atoms with Crippen molar-refractivity contribution >= 4 is 29.2 Å². The lowest BCUT2D eigenvalue weighted by Crippen LogP contribution is -2.11. The fourth-order valence-electron chi connectivity index (χ4n) is 10.6. The van der Waals surface area contributed by atoms with E-state index in [1.165, 1.54) is 67.1 Å². The first-order chi connectivity index (χ1) is 49.0. The van der Waals surface area contributed by atoms with Crippen LogP contribution in [-0.2, 0) is 0 Å². The molecule has 1 aliphatic rings. The van der Waals surface area contributed by atoms with Crippen LogP contribution in [0.5, 0.6) is 0 Å². The van der Waals surface area contributed by atoms with Gasteiger partial charge in [-0.3, -0.25) is 49.8 Å². The van der Waals surface area contributed by atoms with Gasteiger partial charge in [-0.05, 0) is 233 Å². The summed E-state index contributed by atoms with van der Waals surface area (Å²) in [5.74, 6) is 0. The van der Waals surface area contributed by atoms with E-state index in [0.717, 1.165) is 67.9 Å². The number of pyridine rings is 10. The summed E-state index contributed by atoms with van der Waals surface area (Å²) in [7, 11) is 0. The molecule has 15 aromatic rings. The van der Waals surface area contributed by atoms with Gasteiger partial charge in [-0.1, -0.05) is 145 Å². The number of hydrogen-bond donors (Lipinski definition) is 0. The standard InChI is InChI=1S/C21H17N.2C12H11N.4C11H10N2/c1-16-11-14-21-18(15-16)13-12-17-7-5-6-10-20(17)22(21)19-8-3-2-4-9-19;1-10-6-5-9-12(13-10)11-7-3-2-4-8-11;1-10-9-12(7-8-13-10)11-5-3-2-4-6-11;1-9-8-11(4-7-13-9)10-2-5-12-6-3-10;1-9-4-2-6-11(13-9)10-5-3-7-12-8-10;1-9-7-10(4-6-13-9)11-3-2-5-12-8-11;1-9-3-2-4-11(13-9)10-5-7-12-8-6-10/h2-15H,1H3;2*2-9H,1H3;4*2-8H,1H3. The van der Waals surface area contributed by atoms with E-state index in [1.807, 2.05) is 230 Å². The van der Waals surface area contributed by atoms with Gasteiger partial charge in [0.1, 0.15) is 0 Å². The second-order valence-electron chi connectivity index (χ2n) is 23.4. The summed E-state index contributed by atoms with van der Waals surface area (Å²) in [6.07, 6.45) is 24.3. The highest BCUT2D eigenvalue weighted by molar-refractivity contribution is 5.93. The maximum absolute atomic E-state index is 4.44. The van der Waals surface area contributed by atoms with Crippen molar-refractivity contribution in [3.05, 3.63) is 392 Å². The largest absolute Gasteiger partial charge is 0.309 e. The molecule has 11 heterocycles. The molecule has 0 N–H and O–H groups in total. The molecule has 0 saturated heterocycles. The summed E-state index contributed by atoms with van der Waals surface area (Å²) in [6.45, 7) is 14.1. The third-order valence-electron chi connectivity index (χ3n) is 15.5. The molecule has 16 rings (SSSR count). The Morgan fingerprint density at radius 1 is 0.230 bits per heavy atom. The molecule has 0 unspecified atom stereocenters. The van der Waals surface area contributed by atoms with Gasteiger partial charge in [0, 0.05) is 130 Å². The predicted molar refractivity (Wildman–Crippen MR) is 412 cm³/mol.